The Morgan fingerprint density at radius 1 is 0.944 bits per heavy atom. The molecule has 0 radical (unpaired) electrons. The number of hydrogen-bond donors (Lipinski definition) is 5. The molecule has 3 aromatic rings. The van der Waals surface area contributed by atoms with Crippen molar-refractivity contribution in [2.45, 2.75) is 85.4 Å². The summed E-state index contributed by atoms with van der Waals surface area (Å²) in [5.74, 6) is -4.03. The lowest BCUT2D eigenvalue weighted by molar-refractivity contribution is -0.140. The number of carbonyl (C=O) groups is 5. The fourth-order valence-corrected chi connectivity index (χ4v) is 6.39. The highest BCUT2D eigenvalue weighted by Crippen LogP contribution is 2.41. The molecule has 0 fully saturated rings. The molecule has 1 heterocycles. The summed E-state index contributed by atoms with van der Waals surface area (Å²) < 4.78 is 31.2. The minimum atomic E-state index is -1.04. The van der Waals surface area contributed by atoms with Crippen LogP contribution < -0.4 is 16.4 Å². The second kappa shape index (κ2) is 19.4. The number of Topliss-reactive ketones (excluding diaryl/α,β-unsaturated/α-hetero) is 1. The highest BCUT2D eigenvalue weighted by Gasteiger charge is 2.37. The van der Waals surface area contributed by atoms with Crippen LogP contribution in [0.15, 0.2) is 60.8 Å². The third-order valence-electron chi connectivity index (χ3n) is 8.93. The molecule has 6 N–H and O–H groups in total. The van der Waals surface area contributed by atoms with Crippen LogP contribution in [-0.4, -0.2) is 81.4 Å². The summed E-state index contributed by atoms with van der Waals surface area (Å²) in [7, 11) is 0. The van der Waals surface area contributed by atoms with E-state index in [4.69, 9.17) is 10.8 Å². The zero-order valence-corrected chi connectivity index (χ0v) is 31.7. The molecule has 0 aliphatic rings. The molecule has 3 amide bonds. The van der Waals surface area contributed by atoms with E-state index in [0.717, 1.165) is 23.8 Å². The first kappa shape index (κ1) is 43.5. The van der Waals surface area contributed by atoms with Crippen LogP contribution in [0.4, 0.5) is 8.78 Å². The number of aromatic nitrogens is 1. The van der Waals surface area contributed by atoms with E-state index in [2.05, 4.69) is 10.6 Å². The van der Waals surface area contributed by atoms with Crippen LogP contribution in [-0.2, 0) is 30.5 Å². The number of hydrogen-bond acceptors (Lipinski definition) is 7. The van der Waals surface area contributed by atoms with Gasteiger partial charge in [0, 0.05) is 55.5 Å². The first-order valence-corrected chi connectivity index (χ1v) is 17.9. The predicted octanol–water partition coefficient (Wildman–Crippen LogP) is 4.58. The van der Waals surface area contributed by atoms with Crippen LogP contribution in [0.1, 0.15) is 84.0 Å². The van der Waals surface area contributed by atoms with Gasteiger partial charge in [-0.1, -0.05) is 65.0 Å². The summed E-state index contributed by atoms with van der Waals surface area (Å²) in [6, 6.07) is 12.7. The molecule has 14 heteroatoms. The molecule has 0 bridgehead atoms. The van der Waals surface area contributed by atoms with Crippen molar-refractivity contribution < 1.29 is 43.0 Å². The van der Waals surface area contributed by atoms with Crippen molar-refractivity contribution in [3.05, 3.63) is 83.7 Å². The van der Waals surface area contributed by atoms with Gasteiger partial charge in [0.25, 0.3) is 0 Å². The number of amides is 3. The van der Waals surface area contributed by atoms with Crippen LogP contribution in [0.25, 0.3) is 11.1 Å². The lowest BCUT2D eigenvalue weighted by Crippen LogP contribution is -2.47. The van der Waals surface area contributed by atoms with Crippen molar-refractivity contribution in [3.8, 4) is 11.1 Å². The van der Waals surface area contributed by atoms with Crippen LogP contribution in [0.2, 0.25) is 0 Å². The number of aliphatic carboxylic acids is 1. The minimum absolute atomic E-state index is 0.0163. The summed E-state index contributed by atoms with van der Waals surface area (Å²) in [5, 5.41) is 24.3. The summed E-state index contributed by atoms with van der Waals surface area (Å²) in [4.78, 5) is 63.3. The molecule has 2 aromatic carbocycles. The van der Waals surface area contributed by atoms with Gasteiger partial charge in [-0.15, -0.1) is 0 Å². The number of nitrogens with two attached hydrogens (primary N) is 1. The number of halogens is 2. The normalized spacial score (nSPS) is 12.8. The molecule has 294 valence electrons. The van der Waals surface area contributed by atoms with E-state index < -0.39 is 64.8 Å². The van der Waals surface area contributed by atoms with Crippen LogP contribution in [0.3, 0.4) is 0 Å². The molecule has 0 aliphatic carbocycles. The molecule has 1 aromatic heterocycles. The molecule has 2 atom stereocenters. The molecule has 3 rings (SSSR count). The quantitative estimate of drug-likeness (QED) is 0.104. The number of rotatable bonds is 20. The van der Waals surface area contributed by atoms with E-state index in [0.29, 0.717) is 17.8 Å². The van der Waals surface area contributed by atoms with Crippen molar-refractivity contribution in [2.24, 2.45) is 16.6 Å². The molecule has 0 spiro atoms. The SMILES string of the molecule is CC(C)(CC(=O)O)CC(=O)NCC(=O)CCCNC(=O)[C@@H](N)CCN(C(=O)CO)[C@@H](c1cc(-c2cc(F)ccc2F)cn1Cc1ccccc1)C(C)(C)C. The predicted molar refractivity (Wildman–Crippen MR) is 200 cm³/mol. The molecule has 0 saturated carbocycles. The lowest BCUT2D eigenvalue weighted by Gasteiger charge is -2.41. The molecule has 0 saturated heterocycles. The van der Waals surface area contributed by atoms with E-state index in [1.165, 1.54) is 4.90 Å². The molecule has 0 unspecified atom stereocenters. The Bertz CT molecular complexity index is 1770. The average molecular weight is 754 g/mol. The Hall–Kier alpha value is -4.95. The zero-order chi connectivity index (χ0) is 40.2. The van der Waals surface area contributed by atoms with Crippen LogP contribution in [0.5, 0.6) is 0 Å². The second-order valence-electron chi connectivity index (χ2n) is 15.4. The van der Waals surface area contributed by atoms with E-state index in [1.54, 1.807) is 26.1 Å². The summed E-state index contributed by atoms with van der Waals surface area (Å²) in [6.45, 7) is 8.49. The van der Waals surface area contributed by atoms with Gasteiger partial charge in [0.1, 0.15) is 18.2 Å². The van der Waals surface area contributed by atoms with Crippen LogP contribution in [0, 0.1) is 22.5 Å². The number of carboxylic acid groups (broad SMARTS) is 1. The molecule has 54 heavy (non-hydrogen) atoms. The van der Waals surface area contributed by atoms with Gasteiger partial charge in [-0.25, -0.2) is 8.78 Å². The van der Waals surface area contributed by atoms with Gasteiger partial charge in [-0.2, -0.15) is 0 Å². The number of carbonyl (C=O) groups excluding carboxylic acids is 4. The standard InChI is InChI=1S/C40H53F2N5O7/c1-39(2,3)37(33-18-27(30-19-28(41)13-14-31(30)42)24-46(33)23-26-10-7-6-8-11-26)47(35(51)25-48)17-15-32(43)38(54)44-16-9-12-29(49)22-45-34(50)20-40(4,5)21-36(52)53/h6-8,10-11,13-14,18-19,24,32,37,48H,9,12,15-17,20-23,25,43H2,1-5H3,(H,44,54)(H,45,50)(H,52,53)/t32-,37-/m0/s1. The van der Waals surface area contributed by atoms with E-state index in [1.807, 2.05) is 55.7 Å². The van der Waals surface area contributed by atoms with E-state index in [-0.39, 0.29) is 63.1 Å². The van der Waals surface area contributed by atoms with Gasteiger partial charge in [0.05, 0.1) is 25.0 Å². The van der Waals surface area contributed by atoms with E-state index >= 15 is 4.39 Å². The monoisotopic (exact) mass is 753 g/mol. The molecule has 0 aliphatic heterocycles. The van der Waals surface area contributed by atoms with Crippen molar-refractivity contribution in [3.63, 3.8) is 0 Å². The Morgan fingerprint density at radius 2 is 1.63 bits per heavy atom. The zero-order valence-electron chi connectivity index (χ0n) is 31.7. The Kier molecular flexibility index (Phi) is 15.6. The highest BCUT2D eigenvalue weighted by atomic mass is 19.1. The summed E-state index contributed by atoms with van der Waals surface area (Å²) in [6.07, 6.45) is 1.86. The van der Waals surface area contributed by atoms with E-state index in [9.17, 15) is 33.5 Å². The fraction of sp³-hybridized carbons (Fsp3) is 0.475. The van der Waals surface area contributed by atoms with Crippen molar-refractivity contribution in [1.29, 1.82) is 0 Å². The Balaban J connectivity index is 1.70. The molecular formula is C40H53F2N5O7. The van der Waals surface area contributed by atoms with Crippen molar-refractivity contribution in [1.82, 2.24) is 20.1 Å². The first-order chi connectivity index (χ1) is 25.3. The third-order valence-corrected chi connectivity index (χ3v) is 8.93. The number of aliphatic hydroxyl groups is 1. The maximum Gasteiger partial charge on any atom is 0.303 e. The van der Waals surface area contributed by atoms with Gasteiger partial charge >= 0.3 is 5.97 Å². The number of benzene rings is 2. The number of nitrogens with zero attached hydrogens (tertiary/aromatic N) is 2. The van der Waals surface area contributed by atoms with Gasteiger partial charge in [0.15, 0.2) is 5.78 Å². The Labute approximate surface area is 315 Å². The largest absolute Gasteiger partial charge is 0.481 e. The topological polar surface area (TPSA) is 184 Å². The lowest BCUT2D eigenvalue weighted by atomic mass is 9.82. The maximum atomic E-state index is 15.0. The number of carboxylic acids is 1. The smallest absolute Gasteiger partial charge is 0.303 e. The van der Waals surface area contributed by atoms with Gasteiger partial charge in [-0.05, 0) is 53.5 Å². The van der Waals surface area contributed by atoms with Gasteiger partial charge in [0.2, 0.25) is 17.7 Å². The fourth-order valence-electron chi connectivity index (χ4n) is 6.39. The Morgan fingerprint density at radius 3 is 2.26 bits per heavy atom. The molecular weight excluding hydrogens is 700 g/mol. The highest BCUT2D eigenvalue weighted by molar-refractivity contribution is 5.86. The van der Waals surface area contributed by atoms with Crippen molar-refractivity contribution >= 4 is 29.5 Å². The summed E-state index contributed by atoms with van der Waals surface area (Å²) >= 11 is 0. The second-order valence-corrected chi connectivity index (χ2v) is 15.4. The van der Waals surface area contributed by atoms with Crippen molar-refractivity contribution in [2.75, 3.05) is 26.2 Å². The first-order valence-electron chi connectivity index (χ1n) is 17.9. The minimum Gasteiger partial charge on any atom is -0.481 e. The molecule has 12 nitrogen and oxygen atoms in total. The average Bonchev–Trinajstić information content (AvgIpc) is 3.49. The number of ketones is 1. The number of nitrogens with one attached hydrogen (secondary N) is 2. The van der Waals surface area contributed by atoms with Gasteiger partial charge < -0.3 is 36.0 Å². The van der Waals surface area contributed by atoms with Gasteiger partial charge in [-0.3, -0.25) is 24.0 Å². The third kappa shape index (κ3) is 13.2. The van der Waals surface area contributed by atoms with Crippen LogP contribution >= 0.6 is 0 Å². The maximum absolute atomic E-state index is 15.0. The summed E-state index contributed by atoms with van der Waals surface area (Å²) in [5.41, 5.74) is 6.83. The number of aliphatic hydroxyl groups excluding tert-OH is 1.